The Morgan fingerprint density at radius 2 is 1.74 bits per heavy atom. The minimum absolute atomic E-state index is 0.0209. The summed E-state index contributed by atoms with van der Waals surface area (Å²) in [5.74, 6) is 0.684. The van der Waals surface area contributed by atoms with E-state index in [4.69, 9.17) is 9.47 Å². The molecule has 0 saturated carbocycles. The molecule has 31 heavy (non-hydrogen) atoms. The molecule has 2 atom stereocenters. The molecule has 6 nitrogen and oxygen atoms in total. The number of hydrogen-bond acceptors (Lipinski definition) is 5. The van der Waals surface area contributed by atoms with E-state index < -0.39 is 10.0 Å². The Labute approximate surface area is 185 Å². The van der Waals surface area contributed by atoms with Gasteiger partial charge < -0.3 is 9.47 Å². The summed E-state index contributed by atoms with van der Waals surface area (Å²) in [6.45, 7) is 3.74. The predicted molar refractivity (Wildman–Crippen MR) is 121 cm³/mol. The quantitative estimate of drug-likeness (QED) is 0.600. The number of aryl methyl sites for hydroxylation is 1. The number of methoxy groups -OCH3 is 1. The summed E-state index contributed by atoms with van der Waals surface area (Å²) in [7, 11) is -1.95. The van der Waals surface area contributed by atoms with Crippen molar-refractivity contribution >= 4 is 10.0 Å². The first-order valence-electron chi connectivity index (χ1n) is 11.0. The lowest BCUT2D eigenvalue weighted by molar-refractivity contribution is 0.115. The van der Waals surface area contributed by atoms with Crippen LogP contribution in [0, 0.1) is 6.92 Å². The second-order valence-electron chi connectivity index (χ2n) is 8.60. The lowest BCUT2D eigenvalue weighted by Gasteiger charge is -2.39. The molecule has 4 rings (SSSR count). The van der Waals surface area contributed by atoms with Crippen molar-refractivity contribution in [1.29, 1.82) is 0 Å². The molecule has 1 N–H and O–H groups in total. The minimum Gasteiger partial charge on any atom is -0.491 e. The van der Waals surface area contributed by atoms with Crippen LogP contribution in [-0.2, 0) is 21.3 Å². The van der Waals surface area contributed by atoms with Gasteiger partial charge >= 0.3 is 0 Å². The molecule has 0 amide bonds. The Morgan fingerprint density at radius 3 is 2.39 bits per heavy atom. The second-order valence-corrected chi connectivity index (χ2v) is 10.3. The van der Waals surface area contributed by atoms with Gasteiger partial charge in [-0.25, -0.2) is 13.1 Å². The molecule has 2 bridgehead atoms. The van der Waals surface area contributed by atoms with Crippen LogP contribution in [0.1, 0.15) is 36.8 Å². The highest BCUT2D eigenvalue weighted by molar-refractivity contribution is 7.89. The zero-order chi connectivity index (χ0) is 21.8. The lowest BCUT2D eigenvalue weighted by atomic mass is 9.97. The highest BCUT2D eigenvalue weighted by Gasteiger charge is 2.41. The van der Waals surface area contributed by atoms with Crippen LogP contribution in [0.25, 0.3) is 0 Å². The highest BCUT2D eigenvalue weighted by atomic mass is 32.2. The Balaban J connectivity index is 1.39. The molecular formula is C24H32N2O4S. The van der Waals surface area contributed by atoms with Crippen molar-refractivity contribution in [2.45, 2.75) is 62.2 Å². The van der Waals surface area contributed by atoms with E-state index in [9.17, 15) is 8.42 Å². The SMILES string of the molecule is COCCOc1ccc(S(=O)(=O)NC2CC3CCC(C2)N3Cc2ccccc2)cc1C. The Kier molecular flexibility index (Phi) is 6.96. The molecule has 0 radical (unpaired) electrons. The Morgan fingerprint density at radius 1 is 1.03 bits per heavy atom. The van der Waals surface area contributed by atoms with Crippen LogP contribution in [0.3, 0.4) is 0 Å². The predicted octanol–water partition coefficient (Wildman–Crippen LogP) is 3.49. The molecule has 2 aliphatic rings. The Bertz CT molecular complexity index is 966. The first-order valence-corrected chi connectivity index (χ1v) is 12.5. The molecule has 2 aromatic carbocycles. The van der Waals surface area contributed by atoms with E-state index in [1.54, 1.807) is 25.3 Å². The number of hydrogen-bond donors (Lipinski definition) is 1. The van der Waals surface area contributed by atoms with Gasteiger partial charge in [0.25, 0.3) is 0 Å². The number of ether oxygens (including phenoxy) is 2. The van der Waals surface area contributed by atoms with Crippen molar-refractivity contribution in [3.05, 3.63) is 59.7 Å². The first kappa shape index (κ1) is 22.3. The van der Waals surface area contributed by atoms with Gasteiger partial charge in [0.15, 0.2) is 0 Å². The van der Waals surface area contributed by atoms with Crippen molar-refractivity contribution in [2.24, 2.45) is 0 Å². The maximum atomic E-state index is 13.0. The molecule has 168 valence electrons. The zero-order valence-corrected chi connectivity index (χ0v) is 19.1. The van der Waals surface area contributed by atoms with Gasteiger partial charge in [0.05, 0.1) is 11.5 Å². The van der Waals surface area contributed by atoms with Crippen LogP contribution in [-0.4, -0.2) is 51.8 Å². The number of nitrogens with zero attached hydrogens (tertiary/aromatic N) is 1. The van der Waals surface area contributed by atoms with E-state index in [-0.39, 0.29) is 6.04 Å². The fourth-order valence-corrected chi connectivity index (χ4v) is 6.24. The van der Waals surface area contributed by atoms with Crippen LogP contribution >= 0.6 is 0 Å². The molecule has 2 heterocycles. The average molecular weight is 445 g/mol. The third kappa shape index (κ3) is 5.29. The third-order valence-electron chi connectivity index (χ3n) is 6.42. The monoisotopic (exact) mass is 444 g/mol. The van der Waals surface area contributed by atoms with Gasteiger partial charge in [-0.05, 0) is 61.9 Å². The summed E-state index contributed by atoms with van der Waals surface area (Å²) in [5, 5.41) is 0. The van der Waals surface area contributed by atoms with Crippen LogP contribution in [0.2, 0.25) is 0 Å². The van der Waals surface area contributed by atoms with E-state index in [2.05, 4.69) is 33.9 Å². The first-order chi connectivity index (χ1) is 15.0. The molecule has 2 aromatic rings. The number of nitrogens with one attached hydrogen (secondary N) is 1. The summed E-state index contributed by atoms with van der Waals surface area (Å²) in [6.07, 6.45) is 4.00. The van der Waals surface area contributed by atoms with Crippen molar-refractivity contribution in [2.75, 3.05) is 20.3 Å². The minimum atomic E-state index is -3.57. The third-order valence-corrected chi connectivity index (χ3v) is 7.93. The summed E-state index contributed by atoms with van der Waals surface area (Å²) < 4.78 is 39.7. The molecular weight excluding hydrogens is 412 g/mol. The molecule has 2 aliphatic heterocycles. The van der Waals surface area contributed by atoms with Gasteiger partial charge in [-0.3, -0.25) is 4.90 Å². The maximum absolute atomic E-state index is 13.0. The van der Waals surface area contributed by atoms with Gasteiger partial charge in [-0.2, -0.15) is 0 Å². The van der Waals surface area contributed by atoms with Gasteiger partial charge in [0, 0.05) is 31.8 Å². The number of rotatable bonds is 9. The van der Waals surface area contributed by atoms with E-state index in [1.165, 1.54) is 5.56 Å². The van der Waals surface area contributed by atoms with E-state index >= 15 is 0 Å². The van der Waals surface area contributed by atoms with Gasteiger partial charge in [-0.15, -0.1) is 0 Å². The van der Waals surface area contributed by atoms with Crippen molar-refractivity contribution in [3.63, 3.8) is 0 Å². The normalized spacial score (nSPS) is 23.7. The largest absolute Gasteiger partial charge is 0.491 e. The van der Waals surface area contributed by atoms with E-state index in [0.717, 1.165) is 37.8 Å². The maximum Gasteiger partial charge on any atom is 0.240 e. The average Bonchev–Trinajstić information content (AvgIpc) is 2.98. The van der Waals surface area contributed by atoms with Gasteiger partial charge in [-0.1, -0.05) is 30.3 Å². The lowest BCUT2D eigenvalue weighted by Crippen LogP contribution is -2.49. The number of piperidine rings is 1. The van der Waals surface area contributed by atoms with Gasteiger partial charge in [0.1, 0.15) is 12.4 Å². The van der Waals surface area contributed by atoms with Crippen molar-refractivity contribution in [3.8, 4) is 5.75 Å². The van der Waals surface area contributed by atoms with Crippen molar-refractivity contribution < 1.29 is 17.9 Å². The van der Waals surface area contributed by atoms with Crippen LogP contribution in [0.15, 0.2) is 53.4 Å². The number of sulfonamides is 1. The summed E-state index contributed by atoms with van der Waals surface area (Å²) >= 11 is 0. The standard InChI is InChI=1S/C24H32N2O4S/c1-18-14-23(10-11-24(18)30-13-12-29-2)31(27,28)25-20-15-21-8-9-22(16-20)26(21)17-19-6-4-3-5-7-19/h3-7,10-11,14,20-22,25H,8-9,12-13,15-17H2,1-2H3. The number of fused-ring (bicyclic) bond motifs is 2. The molecule has 2 saturated heterocycles. The summed E-state index contributed by atoms with van der Waals surface area (Å²) in [5.41, 5.74) is 2.12. The smallest absolute Gasteiger partial charge is 0.240 e. The molecule has 2 fully saturated rings. The van der Waals surface area contributed by atoms with Crippen LogP contribution in [0.5, 0.6) is 5.75 Å². The fourth-order valence-electron chi connectivity index (χ4n) is 4.90. The summed E-state index contributed by atoms with van der Waals surface area (Å²) in [6, 6.07) is 16.4. The number of benzene rings is 2. The Hall–Kier alpha value is -1.93. The molecule has 7 heteroatoms. The topological polar surface area (TPSA) is 67.9 Å². The molecule has 0 aliphatic carbocycles. The zero-order valence-electron chi connectivity index (χ0n) is 18.3. The van der Waals surface area contributed by atoms with Crippen LogP contribution < -0.4 is 9.46 Å². The molecule has 0 aromatic heterocycles. The van der Waals surface area contributed by atoms with Crippen molar-refractivity contribution in [1.82, 2.24) is 9.62 Å². The summed E-state index contributed by atoms with van der Waals surface area (Å²) in [4.78, 5) is 2.86. The van der Waals surface area contributed by atoms with Crippen LogP contribution in [0.4, 0.5) is 0 Å². The molecule has 0 spiro atoms. The van der Waals surface area contributed by atoms with E-state index in [0.29, 0.717) is 35.9 Å². The highest BCUT2D eigenvalue weighted by Crippen LogP contribution is 2.37. The van der Waals surface area contributed by atoms with E-state index in [1.807, 2.05) is 13.0 Å². The second kappa shape index (κ2) is 9.69. The van der Waals surface area contributed by atoms with Gasteiger partial charge in [0.2, 0.25) is 10.0 Å². The fraction of sp³-hybridized carbons (Fsp3) is 0.500. The molecule has 2 unspecified atom stereocenters.